The van der Waals surface area contributed by atoms with E-state index in [0.29, 0.717) is 11.4 Å². The first-order chi connectivity index (χ1) is 14.9. The minimum absolute atomic E-state index is 0.350. The maximum Gasteiger partial charge on any atom is 0.194 e. The zero-order chi connectivity index (χ0) is 22.3. The van der Waals surface area contributed by atoms with Crippen molar-refractivity contribution in [3.05, 3.63) is 54.1 Å². The van der Waals surface area contributed by atoms with Crippen LogP contribution in [0, 0.1) is 0 Å². The van der Waals surface area contributed by atoms with Gasteiger partial charge in [0.15, 0.2) is 15.8 Å². The second-order valence-corrected chi connectivity index (χ2v) is 9.59. The summed E-state index contributed by atoms with van der Waals surface area (Å²) in [6.45, 7) is 7.22. The van der Waals surface area contributed by atoms with Crippen LogP contribution in [0.3, 0.4) is 0 Å². The molecule has 3 rings (SSSR count). The highest BCUT2D eigenvalue weighted by atomic mass is 32.2. The maximum atomic E-state index is 11.6. The van der Waals surface area contributed by atoms with Gasteiger partial charge >= 0.3 is 0 Å². The van der Waals surface area contributed by atoms with Crippen LogP contribution in [-0.4, -0.2) is 71.9 Å². The molecule has 0 aromatic heterocycles. The van der Waals surface area contributed by atoms with Crippen LogP contribution < -0.4 is 15.0 Å². The average Bonchev–Trinajstić information content (AvgIpc) is 2.78. The van der Waals surface area contributed by atoms with Gasteiger partial charge in [-0.05, 0) is 55.3 Å². The summed E-state index contributed by atoms with van der Waals surface area (Å²) < 4.78 is 28.4. The lowest BCUT2D eigenvalue weighted by molar-refractivity contribution is 0.372. The van der Waals surface area contributed by atoms with Gasteiger partial charge in [0.2, 0.25) is 0 Å². The van der Waals surface area contributed by atoms with E-state index in [4.69, 9.17) is 9.73 Å². The molecule has 31 heavy (non-hydrogen) atoms. The summed E-state index contributed by atoms with van der Waals surface area (Å²) in [7, 11) is -1.48. The Morgan fingerprint density at radius 1 is 1.03 bits per heavy atom. The predicted octanol–water partition coefficient (Wildman–Crippen LogP) is 2.43. The van der Waals surface area contributed by atoms with Crippen LogP contribution in [-0.2, 0) is 16.3 Å². The third-order valence-electron chi connectivity index (χ3n) is 5.37. The largest absolute Gasteiger partial charge is 0.497 e. The van der Waals surface area contributed by atoms with Crippen molar-refractivity contribution in [2.24, 2.45) is 4.99 Å². The van der Waals surface area contributed by atoms with E-state index in [1.165, 1.54) is 11.9 Å². The first-order valence-corrected chi connectivity index (χ1v) is 12.5. The number of guanidine groups is 1. The Labute approximate surface area is 185 Å². The van der Waals surface area contributed by atoms with E-state index in [-0.39, 0.29) is 0 Å². The van der Waals surface area contributed by atoms with Crippen molar-refractivity contribution in [1.82, 2.24) is 10.2 Å². The molecule has 0 spiro atoms. The normalized spacial score (nSPS) is 15.1. The molecule has 1 saturated heterocycles. The lowest BCUT2D eigenvalue weighted by Crippen LogP contribution is -2.52. The fraction of sp³-hybridized carbons (Fsp3) is 0.435. The Hall–Kier alpha value is -2.74. The lowest BCUT2D eigenvalue weighted by Gasteiger charge is -2.37. The van der Waals surface area contributed by atoms with Gasteiger partial charge in [0.05, 0.1) is 12.0 Å². The Morgan fingerprint density at radius 3 is 2.23 bits per heavy atom. The van der Waals surface area contributed by atoms with Crippen LogP contribution in [0.1, 0.15) is 12.5 Å². The molecule has 0 saturated carbocycles. The monoisotopic (exact) mass is 444 g/mol. The van der Waals surface area contributed by atoms with Gasteiger partial charge < -0.3 is 19.9 Å². The molecule has 1 fully saturated rings. The van der Waals surface area contributed by atoms with E-state index in [0.717, 1.165) is 56.4 Å². The van der Waals surface area contributed by atoms with Gasteiger partial charge in [-0.1, -0.05) is 12.1 Å². The molecule has 168 valence electrons. The molecule has 0 amide bonds. The van der Waals surface area contributed by atoms with Crippen molar-refractivity contribution >= 4 is 21.5 Å². The van der Waals surface area contributed by atoms with Gasteiger partial charge in [0.25, 0.3) is 0 Å². The Balaban J connectivity index is 1.55. The number of piperazine rings is 1. The van der Waals surface area contributed by atoms with Crippen LogP contribution in [0.2, 0.25) is 0 Å². The molecule has 0 aliphatic carbocycles. The van der Waals surface area contributed by atoms with Gasteiger partial charge in [0, 0.05) is 51.2 Å². The van der Waals surface area contributed by atoms with Crippen molar-refractivity contribution in [2.45, 2.75) is 18.2 Å². The molecular weight excluding hydrogens is 412 g/mol. The highest BCUT2D eigenvalue weighted by Gasteiger charge is 2.19. The summed E-state index contributed by atoms with van der Waals surface area (Å²) in [5.41, 5.74) is 2.29. The molecule has 0 atom stereocenters. The second kappa shape index (κ2) is 10.5. The molecule has 0 bridgehead atoms. The summed E-state index contributed by atoms with van der Waals surface area (Å²) in [6.07, 6.45) is 1.99. The summed E-state index contributed by atoms with van der Waals surface area (Å²) in [4.78, 5) is 9.83. The fourth-order valence-electron chi connectivity index (χ4n) is 3.59. The standard InChI is InChI=1S/C23H32N4O3S/c1-4-24-23(25-14-13-19-5-11-22(12-6-19)31(3,28)29)27-17-15-26(16-18-27)20-7-9-21(30-2)10-8-20/h5-12H,4,13-18H2,1-3H3,(H,24,25). The topological polar surface area (TPSA) is 74.2 Å². The Bertz CT molecular complexity index is 965. The molecule has 8 heteroatoms. The van der Waals surface area contributed by atoms with Crippen LogP contribution in [0.5, 0.6) is 5.75 Å². The molecule has 2 aromatic carbocycles. The van der Waals surface area contributed by atoms with Gasteiger partial charge in [-0.25, -0.2) is 8.42 Å². The number of nitrogens with zero attached hydrogens (tertiary/aromatic N) is 3. The zero-order valence-corrected chi connectivity index (χ0v) is 19.4. The number of methoxy groups -OCH3 is 1. The summed E-state index contributed by atoms with van der Waals surface area (Å²) >= 11 is 0. The van der Waals surface area contributed by atoms with Crippen molar-refractivity contribution in [3.8, 4) is 5.75 Å². The average molecular weight is 445 g/mol. The van der Waals surface area contributed by atoms with Gasteiger partial charge in [-0.3, -0.25) is 4.99 Å². The quantitative estimate of drug-likeness (QED) is 0.522. The first-order valence-electron chi connectivity index (χ1n) is 10.6. The molecule has 1 heterocycles. The van der Waals surface area contributed by atoms with Crippen LogP contribution in [0.15, 0.2) is 58.4 Å². The van der Waals surface area contributed by atoms with Crippen LogP contribution in [0.25, 0.3) is 0 Å². The first kappa shape index (κ1) is 22.9. The third-order valence-corrected chi connectivity index (χ3v) is 6.49. The fourth-order valence-corrected chi connectivity index (χ4v) is 4.22. The third kappa shape index (κ3) is 6.37. The van der Waals surface area contributed by atoms with Crippen molar-refractivity contribution in [2.75, 3.05) is 57.5 Å². The number of nitrogens with one attached hydrogen (secondary N) is 1. The van der Waals surface area contributed by atoms with E-state index < -0.39 is 9.84 Å². The minimum atomic E-state index is -3.16. The molecular formula is C23H32N4O3S. The Kier molecular flexibility index (Phi) is 7.79. The van der Waals surface area contributed by atoms with Gasteiger partial charge in [-0.15, -0.1) is 0 Å². The summed E-state index contributed by atoms with van der Waals surface area (Å²) in [5.74, 6) is 1.81. The maximum absolute atomic E-state index is 11.6. The number of ether oxygens (including phenoxy) is 1. The second-order valence-electron chi connectivity index (χ2n) is 7.57. The van der Waals surface area contributed by atoms with Gasteiger partial charge in [-0.2, -0.15) is 0 Å². The SMILES string of the molecule is CCNC(=NCCc1ccc(S(C)(=O)=O)cc1)N1CCN(c2ccc(OC)cc2)CC1. The lowest BCUT2D eigenvalue weighted by atomic mass is 10.1. The molecule has 1 aliphatic rings. The van der Waals surface area contributed by atoms with Crippen molar-refractivity contribution in [1.29, 1.82) is 0 Å². The van der Waals surface area contributed by atoms with E-state index in [1.54, 1.807) is 19.2 Å². The molecule has 0 radical (unpaired) electrons. The number of benzene rings is 2. The molecule has 1 N–H and O–H groups in total. The number of sulfone groups is 1. The Morgan fingerprint density at radius 2 is 1.68 bits per heavy atom. The predicted molar refractivity (Wildman–Crippen MR) is 126 cm³/mol. The summed E-state index contributed by atoms with van der Waals surface area (Å²) in [6, 6.07) is 15.3. The highest BCUT2D eigenvalue weighted by Crippen LogP contribution is 2.20. The number of anilines is 1. The highest BCUT2D eigenvalue weighted by molar-refractivity contribution is 7.90. The van der Waals surface area contributed by atoms with Crippen LogP contribution >= 0.6 is 0 Å². The number of hydrogen-bond donors (Lipinski definition) is 1. The molecule has 1 aliphatic heterocycles. The van der Waals surface area contributed by atoms with Crippen LogP contribution in [0.4, 0.5) is 5.69 Å². The smallest absolute Gasteiger partial charge is 0.194 e. The number of hydrogen-bond acceptors (Lipinski definition) is 5. The van der Waals surface area contributed by atoms with E-state index in [2.05, 4.69) is 34.2 Å². The molecule has 2 aromatic rings. The number of rotatable bonds is 7. The van der Waals surface area contributed by atoms with E-state index in [1.807, 2.05) is 24.3 Å². The van der Waals surface area contributed by atoms with E-state index >= 15 is 0 Å². The van der Waals surface area contributed by atoms with Crippen molar-refractivity contribution in [3.63, 3.8) is 0 Å². The van der Waals surface area contributed by atoms with Crippen molar-refractivity contribution < 1.29 is 13.2 Å². The zero-order valence-electron chi connectivity index (χ0n) is 18.5. The molecule has 0 unspecified atom stereocenters. The molecule has 7 nitrogen and oxygen atoms in total. The van der Waals surface area contributed by atoms with E-state index in [9.17, 15) is 8.42 Å². The number of aliphatic imine (C=N–C) groups is 1. The van der Waals surface area contributed by atoms with Gasteiger partial charge in [0.1, 0.15) is 5.75 Å². The summed E-state index contributed by atoms with van der Waals surface area (Å²) in [5, 5.41) is 3.40. The minimum Gasteiger partial charge on any atom is -0.497 e.